The number of nitrogens with one attached hydrogen (secondary N) is 1. The monoisotopic (exact) mass is 149 g/mol. The Balaban J connectivity index is 2.45. The highest BCUT2D eigenvalue weighted by molar-refractivity contribution is 5.68. The summed E-state index contributed by atoms with van der Waals surface area (Å²) in [7, 11) is 1.63. The molecule has 0 spiro atoms. The van der Waals surface area contributed by atoms with Crippen LogP contribution in [0.1, 0.15) is 0 Å². The molecule has 0 aliphatic carbocycles. The molecular formula is C7H7N3O+. The average molecular weight is 149 g/mol. The van der Waals surface area contributed by atoms with Crippen molar-refractivity contribution >= 4 is 11.4 Å². The molecule has 1 aromatic carbocycles. The maximum Gasteiger partial charge on any atom is 0.331 e. The fourth-order valence-electron chi connectivity index (χ4n) is 0.952. The van der Waals surface area contributed by atoms with Gasteiger partial charge in [0.05, 0.1) is 7.11 Å². The number of nitrogens with zero attached hydrogens (tertiary/aromatic N) is 2. The fourth-order valence-corrected chi connectivity index (χ4v) is 0.952. The first-order chi connectivity index (χ1) is 5.40. The molecular weight excluding hydrogens is 142 g/mol. The SMILES string of the molecule is COc1ccc2c(c1)N[N+]=N2. The molecule has 0 amide bonds. The molecule has 11 heavy (non-hydrogen) atoms. The van der Waals surface area contributed by atoms with Crippen LogP contribution in [0.25, 0.3) is 0 Å². The van der Waals surface area contributed by atoms with Gasteiger partial charge < -0.3 is 4.74 Å². The van der Waals surface area contributed by atoms with E-state index in [-0.39, 0.29) is 0 Å². The van der Waals surface area contributed by atoms with Crippen LogP contribution in [-0.4, -0.2) is 7.11 Å². The van der Waals surface area contributed by atoms with Gasteiger partial charge in [-0.25, -0.2) is 0 Å². The Morgan fingerprint density at radius 1 is 1.55 bits per heavy atom. The van der Waals surface area contributed by atoms with Crippen LogP contribution >= 0.6 is 0 Å². The minimum Gasteiger partial charge on any atom is -0.497 e. The highest BCUT2D eigenvalue weighted by Crippen LogP contribution is 2.30. The summed E-state index contributed by atoms with van der Waals surface area (Å²) in [6.07, 6.45) is 0. The minimum atomic E-state index is 0.809. The Morgan fingerprint density at radius 2 is 2.45 bits per heavy atom. The van der Waals surface area contributed by atoms with E-state index in [1.807, 2.05) is 18.2 Å². The van der Waals surface area contributed by atoms with Crippen LogP contribution in [0.2, 0.25) is 0 Å². The summed E-state index contributed by atoms with van der Waals surface area (Å²) in [5.74, 6) is 0.809. The Kier molecular flexibility index (Phi) is 1.25. The molecule has 0 bridgehead atoms. The quantitative estimate of drug-likeness (QED) is 0.657. The molecule has 55 valence electrons. The highest BCUT2D eigenvalue weighted by atomic mass is 16.5. The molecule has 2 rings (SSSR count). The molecule has 0 atom stereocenters. The number of anilines is 1. The van der Waals surface area contributed by atoms with Gasteiger partial charge in [0.25, 0.3) is 0 Å². The second-order valence-electron chi connectivity index (χ2n) is 2.19. The van der Waals surface area contributed by atoms with Crippen LogP contribution in [0.3, 0.4) is 0 Å². The molecule has 1 N–H and O–H groups in total. The summed E-state index contributed by atoms with van der Waals surface area (Å²) >= 11 is 0. The summed E-state index contributed by atoms with van der Waals surface area (Å²) < 4.78 is 5.02. The molecule has 1 heterocycles. The van der Waals surface area contributed by atoms with Gasteiger partial charge in [-0.1, -0.05) is 5.43 Å². The first kappa shape index (κ1) is 6.15. The van der Waals surface area contributed by atoms with E-state index in [0.29, 0.717) is 0 Å². The first-order valence-corrected chi connectivity index (χ1v) is 3.25. The number of benzene rings is 1. The molecule has 0 saturated heterocycles. The number of methoxy groups -OCH3 is 1. The van der Waals surface area contributed by atoms with Crippen molar-refractivity contribution in [2.75, 3.05) is 12.5 Å². The van der Waals surface area contributed by atoms with E-state index < -0.39 is 0 Å². The molecule has 0 saturated carbocycles. The lowest BCUT2D eigenvalue weighted by Crippen LogP contribution is -1.92. The van der Waals surface area contributed by atoms with Crippen LogP contribution < -0.4 is 15.4 Å². The molecule has 4 nitrogen and oxygen atoms in total. The van der Waals surface area contributed by atoms with Crippen molar-refractivity contribution < 1.29 is 4.74 Å². The van der Waals surface area contributed by atoms with Crippen molar-refractivity contribution in [3.63, 3.8) is 0 Å². The minimum absolute atomic E-state index is 0.809. The van der Waals surface area contributed by atoms with Gasteiger partial charge in [0.15, 0.2) is 5.69 Å². The van der Waals surface area contributed by atoms with E-state index in [4.69, 9.17) is 4.74 Å². The third-order valence-electron chi connectivity index (χ3n) is 1.53. The summed E-state index contributed by atoms with van der Waals surface area (Å²) in [5, 5.41) is 7.48. The number of fused-ring (bicyclic) bond motifs is 1. The molecule has 0 fully saturated rings. The van der Waals surface area contributed by atoms with E-state index in [1.54, 1.807) is 7.11 Å². The zero-order valence-electron chi connectivity index (χ0n) is 6.03. The van der Waals surface area contributed by atoms with Crippen molar-refractivity contribution in [1.82, 2.24) is 5.22 Å². The van der Waals surface area contributed by atoms with Gasteiger partial charge in [-0.2, -0.15) is 0 Å². The summed E-state index contributed by atoms with van der Waals surface area (Å²) in [4.78, 5) is 0. The third kappa shape index (κ3) is 0.920. The number of ether oxygens (including phenoxy) is 1. The molecule has 1 aliphatic heterocycles. The Labute approximate surface area is 63.9 Å². The zero-order valence-corrected chi connectivity index (χ0v) is 6.03. The zero-order chi connectivity index (χ0) is 7.68. The molecule has 1 radical (unpaired) electrons. The second kappa shape index (κ2) is 2.23. The molecule has 0 unspecified atom stereocenters. The Bertz CT molecular complexity index is 309. The van der Waals surface area contributed by atoms with Crippen molar-refractivity contribution in [3.05, 3.63) is 18.2 Å². The van der Waals surface area contributed by atoms with Crippen LogP contribution in [0.4, 0.5) is 11.4 Å². The molecule has 4 heteroatoms. The topological polar surface area (TPSA) is 47.7 Å². The summed E-state index contributed by atoms with van der Waals surface area (Å²) in [6, 6.07) is 5.57. The smallest absolute Gasteiger partial charge is 0.331 e. The lowest BCUT2D eigenvalue weighted by molar-refractivity contribution is 0.415. The number of hydrogen-bond donors (Lipinski definition) is 1. The lowest BCUT2D eigenvalue weighted by Gasteiger charge is -1.97. The maximum atomic E-state index is 5.02. The van der Waals surface area contributed by atoms with Gasteiger partial charge in [-0.15, -0.1) is 0 Å². The van der Waals surface area contributed by atoms with Crippen LogP contribution in [0, 0.1) is 0 Å². The van der Waals surface area contributed by atoms with E-state index >= 15 is 0 Å². The van der Waals surface area contributed by atoms with Crippen LogP contribution in [-0.2, 0) is 0 Å². The Morgan fingerprint density at radius 3 is 3.27 bits per heavy atom. The van der Waals surface area contributed by atoms with Gasteiger partial charge in [0.1, 0.15) is 16.6 Å². The van der Waals surface area contributed by atoms with Crippen molar-refractivity contribution in [3.8, 4) is 5.75 Å². The van der Waals surface area contributed by atoms with E-state index in [0.717, 1.165) is 17.1 Å². The normalized spacial score (nSPS) is 12.5. The molecule has 0 aromatic heterocycles. The predicted molar refractivity (Wildman–Crippen MR) is 40.8 cm³/mol. The van der Waals surface area contributed by atoms with Gasteiger partial charge in [-0.05, 0) is 12.1 Å². The first-order valence-electron chi connectivity index (χ1n) is 3.25. The Hall–Kier alpha value is -1.58. The maximum absolute atomic E-state index is 5.02. The van der Waals surface area contributed by atoms with Gasteiger partial charge >= 0.3 is 5.22 Å². The standard InChI is InChI=1S/C7H7N3O/c1-11-5-2-3-6-7(4-5)9-10-8-6/h2-4H,1H3,(H,8,9)/q+1. The lowest BCUT2D eigenvalue weighted by atomic mass is 10.2. The largest absolute Gasteiger partial charge is 0.497 e. The number of rotatable bonds is 1. The third-order valence-corrected chi connectivity index (χ3v) is 1.53. The summed E-state index contributed by atoms with van der Waals surface area (Å²) in [6.45, 7) is 0. The second-order valence-corrected chi connectivity index (χ2v) is 2.19. The molecule has 1 aromatic rings. The van der Waals surface area contributed by atoms with E-state index in [9.17, 15) is 0 Å². The van der Waals surface area contributed by atoms with Gasteiger partial charge in [0, 0.05) is 6.07 Å². The van der Waals surface area contributed by atoms with Crippen LogP contribution in [0.5, 0.6) is 5.75 Å². The van der Waals surface area contributed by atoms with Gasteiger partial charge in [-0.3, -0.25) is 0 Å². The van der Waals surface area contributed by atoms with Crippen molar-refractivity contribution in [2.24, 2.45) is 5.11 Å². The molecule has 1 aliphatic rings. The highest BCUT2D eigenvalue weighted by Gasteiger charge is 2.16. The van der Waals surface area contributed by atoms with Crippen molar-refractivity contribution in [2.45, 2.75) is 0 Å². The average Bonchev–Trinajstić information content (AvgIpc) is 2.50. The number of hydrogen-bond acceptors (Lipinski definition) is 4. The van der Waals surface area contributed by atoms with Gasteiger partial charge in [0.2, 0.25) is 0 Å². The van der Waals surface area contributed by atoms with E-state index in [1.165, 1.54) is 0 Å². The van der Waals surface area contributed by atoms with Crippen LogP contribution in [0.15, 0.2) is 23.3 Å². The fraction of sp³-hybridized carbons (Fsp3) is 0.143. The summed E-state index contributed by atoms with van der Waals surface area (Å²) in [5.41, 5.74) is 4.50. The van der Waals surface area contributed by atoms with Crippen molar-refractivity contribution in [1.29, 1.82) is 0 Å². The van der Waals surface area contributed by atoms with E-state index in [2.05, 4.69) is 15.8 Å². The predicted octanol–water partition coefficient (Wildman–Crippen LogP) is 1.46.